The fraction of sp³-hybridized carbons (Fsp3) is 0.143. The number of hydrogen-bond acceptors (Lipinski definition) is 3. The van der Waals surface area contributed by atoms with Gasteiger partial charge in [0.2, 0.25) is 0 Å². The number of nitrogens with zero attached hydrogens (tertiary/aromatic N) is 1. The molecule has 0 aliphatic heterocycles. The molecule has 0 aliphatic carbocycles. The third kappa shape index (κ3) is 2.60. The van der Waals surface area contributed by atoms with Crippen LogP contribution in [0.4, 0.5) is 5.82 Å². The Kier molecular flexibility index (Phi) is 3.31. The zero-order valence-corrected chi connectivity index (χ0v) is 12.4. The van der Waals surface area contributed by atoms with E-state index in [9.17, 15) is 4.79 Å². The summed E-state index contributed by atoms with van der Waals surface area (Å²) < 4.78 is 0.995. The van der Waals surface area contributed by atoms with E-state index in [-0.39, 0.29) is 5.69 Å². The van der Waals surface area contributed by atoms with Crippen molar-refractivity contribution in [3.05, 3.63) is 56.5 Å². The molecule has 0 radical (unpaired) electrons. The number of imidazole rings is 1. The summed E-state index contributed by atoms with van der Waals surface area (Å²) in [7, 11) is 0. The van der Waals surface area contributed by atoms with E-state index in [1.165, 1.54) is 0 Å². The predicted molar refractivity (Wildman–Crippen MR) is 82.9 cm³/mol. The number of aromatic amines is 2. The van der Waals surface area contributed by atoms with E-state index >= 15 is 0 Å². The number of benzene rings is 1. The summed E-state index contributed by atoms with van der Waals surface area (Å²) in [5.74, 6) is 0.827. The molecule has 3 aromatic rings. The number of H-pyrrole nitrogens is 2. The number of hydrogen-bond donors (Lipinski definition) is 3. The lowest BCUT2D eigenvalue weighted by molar-refractivity contribution is 1.10. The van der Waals surface area contributed by atoms with Gasteiger partial charge < -0.3 is 15.3 Å². The van der Waals surface area contributed by atoms with Gasteiger partial charge in [-0.2, -0.15) is 0 Å². The van der Waals surface area contributed by atoms with Gasteiger partial charge in [-0.3, -0.25) is 0 Å². The Bertz CT molecular complexity index is 821. The molecule has 20 heavy (non-hydrogen) atoms. The number of halogens is 1. The van der Waals surface area contributed by atoms with Gasteiger partial charge in [0, 0.05) is 17.2 Å². The molecular formula is C14H13BrN4O. The summed E-state index contributed by atoms with van der Waals surface area (Å²) in [6.45, 7) is 2.67. The summed E-state index contributed by atoms with van der Waals surface area (Å²) in [4.78, 5) is 21.0. The highest BCUT2D eigenvalue weighted by Crippen LogP contribution is 2.18. The monoisotopic (exact) mass is 332 g/mol. The second-order valence-electron chi connectivity index (χ2n) is 4.63. The van der Waals surface area contributed by atoms with Crippen molar-refractivity contribution in [2.75, 3.05) is 5.32 Å². The Morgan fingerprint density at radius 2 is 2.05 bits per heavy atom. The van der Waals surface area contributed by atoms with E-state index in [0.717, 1.165) is 32.5 Å². The molecule has 0 atom stereocenters. The Hall–Kier alpha value is -2.08. The highest BCUT2D eigenvalue weighted by molar-refractivity contribution is 9.10. The van der Waals surface area contributed by atoms with Gasteiger partial charge in [-0.15, -0.1) is 0 Å². The van der Waals surface area contributed by atoms with E-state index in [2.05, 4.69) is 36.2 Å². The third-order valence-corrected chi connectivity index (χ3v) is 3.93. The number of fused-ring (bicyclic) bond motifs is 1. The lowest BCUT2D eigenvalue weighted by Crippen LogP contribution is -2.01. The van der Waals surface area contributed by atoms with Gasteiger partial charge >= 0.3 is 5.69 Å². The largest absolute Gasteiger partial charge is 0.366 e. The van der Waals surface area contributed by atoms with Crippen molar-refractivity contribution >= 4 is 32.8 Å². The molecule has 6 heteroatoms. The zero-order valence-electron chi connectivity index (χ0n) is 10.8. The van der Waals surface area contributed by atoms with E-state index in [1.807, 2.05) is 31.2 Å². The standard InChI is InChI=1S/C14H13BrN4O/c1-8-4-13(17-7-10(8)15)16-6-9-2-3-11-12(5-9)19-14(20)18-11/h2-5,7H,6H2,1H3,(H,16,17)(H2,18,19,20). The summed E-state index contributed by atoms with van der Waals surface area (Å²) in [6.07, 6.45) is 1.78. The second-order valence-corrected chi connectivity index (χ2v) is 5.49. The fourth-order valence-corrected chi connectivity index (χ4v) is 2.24. The van der Waals surface area contributed by atoms with Crippen molar-refractivity contribution in [2.24, 2.45) is 0 Å². The molecule has 102 valence electrons. The maximum absolute atomic E-state index is 11.2. The van der Waals surface area contributed by atoms with Crippen LogP contribution in [0.3, 0.4) is 0 Å². The lowest BCUT2D eigenvalue weighted by Gasteiger charge is -2.07. The Morgan fingerprint density at radius 3 is 2.85 bits per heavy atom. The molecule has 0 aliphatic rings. The van der Waals surface area contributed by atoms with Crippen LogP contribution >= 0.6 is 15.9 Å². The molecule has 0 amide bonds. The van der Waals surface area contributed by atoms with Gasteiger partial charge in [0.05, 0.1) is 11.0 Å². The summed E-state index contributed by atoms with van der Waals surface area (Å²) in [6, 6.07) is 7.81. The molecule has 0 saturated carbocycles. The second kappa shape index (κ2) is 5.13. The molecule has 5 nitrogen and oxygen atoms in total. The van der Waals surface area contributed by atoms with Crippen LogP contribution in [0.15, 0.2) is 39.7 Å². The van der Waals surface area contributed by atoms with Crippen LogP contribution in [-0.4, -0.2) is 15.0 Å². The van der Waals surface area contributed by atoms with Gasteiger partial charge in [-0.05, 0) is 52.2 Å². The van der Waals surface area contributed by atoms with Crippen LogP contribution in [0, 0.1) is 6.92 Å². The summed E-state index contributed by atoms with van der Waals surface area (Å²) in [5, 5.41) is 3.27. The number of aryl methyl sites for hydroxylation is 1. The Labute approximate surface area is 123 Å². The van der Waals surface area contributed by atoms with Crippen molar-refractivity contribution in [3.63, 3.8) is 0 Å². The lowest BCUT2D eigenvalue weighted by atomic mass is 10.2. The number of nitrogens with one attached hydrogen (secondary N) is 3. The SMILES string of the molecule is Cc1cc(NCc2ccc3[nH]c(=O)[nH]c3c2)ncc1Br. The molecule has 2 aromatic heterocycles. The van der Waals surface area contributed by atoms with Crippen molar-refractivity contribution in [3.8, 4) is 0 Å². The number of pyridine rings is 1. The van der Waals surface area contributed by atoms with Crippen molar-refractivity contribution in [1.29, 1.82) is 0 Å². The highest BCUT2D eigenvalue weighted by Gasteiger charge is 2.02. The van der Waals surface area contributed by atoms with E-state index in [4.69, 9.17) is 0 Å². The molecule has 1 aromatic carbocycles. The Morgan fingerprint density at radius 1 is 1.25 bits per heavy atom. The number of anilines is 1. The zero-order chi connectivity index (χ0) is 14.1. The van der Waals surface area contributed by atoms with E-state index in [1.54, 1.807) is 6.20 Å². The van der Waals surface area contributed by atoms with Gasteiger partial charge in [-0.1, -0.05) is 6.07 Å². The number of aromatic nitrogens is 3. The van der Waals surface area contributed by atoms with Crippen molar-refractivity contribution in [2.45, 2.75) is 13.5 Å². The number of rotatable bonds is 3. The van der Waals surface area contributed by atoms with Crippen LogP contribution in [0.25, 0.3) is 11.0 Å². The minimum atomic E-state index is -0.185. The molecular weight excluding hydrogens is 320 g/mol. The minimum absolute atomic E-state index is 0.185. The van der Waals surface area contributed by atoms with Crippen molar-refractivity contribution in [1.82, 2.24) is 15.0 Å². The molecule has 0 fully saturated rings. The van der Waals surface area contributed by atoms with Gasteiger partial charge in [-0.25, -0.2) is 9.78 Å². The molecule has 2 heterocycles. The first kappa shape index (κ1) is 12.9. The first-order chi connectivity index (χ1) is 9.61. The van der Waals surface area contributed by atoms with Crippen LogP contribution in [0.5, 0.6) is 0 Å². The predicted octanol–water partition coefficient (Wildman–Crippen LogP) is 2.93. The van der Waals surface area contributed by atoms with Crippen LogP contribution in [-0.2, 0) is 6.54 Å². The average molecular weight is 333 g/mol. The highest BCUT2D eigenvalue weighted by atomic mass is 79.9. The molecule has 3 rings (SSSR count). The minimum Gasteiger partial charge on any atom is -0.366 e. The first-order valence-electron chi connectivity index (χ1n) is 6.19. The summed E-state index contributed by atoms with van der Waals surface area (Å²) in [5.41, 5.74) is 3.66. The Balaban J connectivity index is 1.78. The van der Waals surface area contributed by atoms with Crippen LogP contribution < -0.4 is 11.0 Å². The van der Waals surface area contributed by atoms with Gasteiger partial charge in [0.15, 0.2) is 0 Å². The normalized spacial score (nSPS) is 10.9. The maximum Gasteiger partial charge on any atom is 0.323 e. The molecule has 0 saturated heterocycles. The van der Waals surface area contributed by atoms with Crippen molar-refractivity contribution < 1.29 is 0 Å². The first-order valence-corrected chi connectivity index (χ1v) is 6.98. The topological polar surface area (TPSA) is 73.6 Å². The van der Waals surface area contributed by atoms with E-state index in [0.29, 0.717) is 6.54 Å². The van der Waals surface area contributed by atoms with Gasteiger partial charge in [0.1, 0.15) is 5.82 Å². The van der Waals surface area contributed by atoms with E-state index < -0.39 is 0 Å². The average Bonchev–Trinajstić information content (AvgIpc) is 2.79. The smallest absolute Gasteiger partial charge is 0.323 e. The maximum atomic E-state index is 11.2. The van der Waals surface area contributed by atoms with Crippen LogP contribution in [0.1, 0.15) is 11.1 Å². The van der Waals surface area contributed by atoms with Crippen LogP contribution in [0.2, 0.25) is 0 Å². The van der Waals surface area contributed by atoms with Gasteiger partial charge in [0.25, 0.3) is 0 Å². The molecule has 0 bridgehead atoms. The quantitative estimate of drug-likeness (QED) is 0.690. The summed E-state index contributed by atoms with van der Waals surface area (Å²) >= 11 is 3.43. The molecule has 0 unspecified atom stereocenters. The fourth-order valence-electron chi connectivity index (χ4n) is 2.02. The third-order valence-electron chi connectivity index (χ3n) is 3.10. The molecule has 0 spiro atoms. The molecule has 3 N–H and O–H groups in total.